The zero-order valence-corrected chi connectivity index (χ0v) is 21.0. The van der Waals surface area contributed by atoms with E-state index in [1.54, 1.807) is 0 Å². The van der Waals surface area contributed by atoms with Crippen molar-refractivity contribution in [3.63, 3.8) is 0 Å². The zero-order chi connectivity index (χ0) is 20.3. The molecule has 6 nitrogen and oxygen atoms in total. The minimum absolute atomic E-state index is 0. The second kappa shape index (κ2) is 13.8. The molecule has 30 heavy (non-hydrogen) atoms. The predicted molar refractivity (Wildman–Crippen MR) is 135 cm³/mol. The lowest BCUT2D eigenvalue weighted by atomic mass is 10.2. The molecule has 2 heterocycles. The molecule has 0 atom stereocenters. The number of guanidine groups is 1. The number of rotatable bonds is 9. The van der Waals surface area contributed by atoms with Gasteiger partial charge in [-0.25, -0.2) is 4.99 Å². The van der Waals surface area contributed by atoms with Gasteiger partial charge in [-0.1, -0.05) is 12.1 Å². The second-order valence-corrected chi connectivity index (χ2v) is 8.38. The lowest BCUT2D eigenvalue weighted by molar-refractivity contribution is 0.0322. The van der Waals surface area contributed by atoms with E-state index in [-0.39, 0.29) is 24.0 Å². The number of hydrogen-bond donors (Lipinski definition) is 2. The van der Waals surface area contributed by atoms with Crippen molar-refractivity contribution >= 4 is 41.3 Å². The topological polar surface area (TPSA) is 58.1 Å². The van der Waals surface area contributed by atoms with Gasteiger partial charge < -0.3 is 20.1 Å². The maximum atomic E-state index is 5.95. The number of aryl methyl sites for hydroxylation is 1. The molecule has 1 aromatic carbocycles. The van der Waals surface area contributed by atoms with Crippen molar-refractivity contribution in [2.75, 3.05) is 46.0 Å². The van der Waals surface area contributed by atoms with Crippen molar-refractivity contribution in [1.82, 2.24) is 15.5 Å². The van der Waals surface area contributed by atoms with Gasteiger partial charge in [0.25, 0.3) is 0 Å². The van der Waals surface area contributed by atoms with Crippen molar-refractivity contribution in [1.29, 1.82) is 0 Å². The molecule has 1 saturated heterocycles. The molecule has 0 saturated carbocycles. The summed E-state index contributed by atoms with van der Waals surface area (Å²) in [5.41, 5.74) is 1.14. The normalized spacial score (nSPS) is 14.8. The van der Waals surface area contributed by atoms with Gasteiger partial charge in [0, 0.05) is 35.9 Å². The first kappa shape index (κ1) is 24.9. The third-order valence-corrected chi connectivity index (χ3v) is 5.67. The first-order valence-electron chi connectivity index (χ1n) is 10.3. The van der Waals surface area contributed by atoms with E-state index in [4.69, 9.17) is 14.5 Å². The summed E-state index contributed by atoms with van der Waals surface area (Å²) in [5.74, 6) is 1.73. The van der Waals surface area contributed by atoms with E-state index >= 15 is 0 Å². The van der Waals surface area contributed by atoms with Gasteiger partial charge in [0.1, 0.15) is 12.4 Å². The van der Waals surface area contributed by atoms with Crippen LogP contribution in [0.2, 0.25) is 0 Å². The Morgan fingerprint density at radius 3 is 2.77 bits per heavy atom. The van der Waals surface area contributed by atoms with Gasteiger partial charge in [-0.3, -0.25) is 4.90 Å². The highest BCUT2D eigenvalue weighted by Gasteiger charge is 2.09. The second-order valence-electron chi connectivity index (χ2n) is 7.01. The number of nitrogens with one attached hydrogen (secondary N) is 2. The quantitative estimate of drug-likeness (QED) is 0.287. The fraction of sp³-hybridized carbons (Fsp3) is 0.500. The van der Waals surface area contributed by atoms with E-state index in [2.05, 4.69) is 53.6 Å². The van der Waals surface area contributed by atoms with E-state index in [9.17, 15) is 0 Å². The van der Waals surface area contributed by atoms with Crippen LogP contribution in [0.15, 0.2) is 41.4 Å². The van der Waals surface area contributed by atoms with Gasteiger partial charge in [-0.05, 0) is 43.7 Å². The molecule has 1 fully saturated rings. The molecular weight excluding hydrogens is 511 g/mol. The third-order valence-electron chi connectivity index (χ3n) is 4.67. The van der Waals surface area contributed by atoms with Gasteiger partial charge in [0.2, 0.25) is 0 Å². The predicted octanol–water partition coefficient (Wildman–Crippen LogP) is 3.64. The summed E-state index contributed by atoms with van der Waals surface area (Å²) >= 11 is 1.81. The van der Waals surface area contributed by atoms with Crippen LogP contribution in [-0.2, 0) is 17.8 Å². The maximum Gasteiger partial charge on any atom is 0.191 e. The van der Waals surface area contributed by atoms with Crippen LogP contribution in [0.1, 0.15) is 22.2 Å². The number of ether oxygens (including phenoxy) is 2. The Bertz CT molecular complexity index is 778. The molecule has 0 aliphatic carbocycles. The number of morpholine rings is 1. The Morgan fingerprint density at radius 2 is 2.03 bits per heavy atom. The van der Waals surface area contributed by atoms with E-state index in [1.165, 1.54) is 9.75 Å². The summed E-state index contributed by atoms with van der Waals surface area (Å²) in [6.07, 6.45) is 0. The Balaban J connectivity index is 0.00000320. The van der Waals surface area contributed by atoms with Crippen LogP contribution in [0.25, 0.3) is 0 Å². The molecule has 1 aromatic heterocycles. The van der Waals surface area contributed by atoms with Crippen LogP contribution < -0.4 is 15.4 Å². The fourth-order valence-electron chi connectivity index (χ4n) is 3.11. The summed E-state index contributed by atoms with van der Waals surface area (Å²) in [6, 6.07) is 12.5. The van der Waals surface area contributed by atoms with Crippen LogP contribution in [-0.4, -0.2) is 56.9 Å². The molecule has 1 aliphatic rings. The van der Waals surface area contributed by atoms with Gasteiger partial charge in [0.15, 0.2) is 5.96 Å². The van der Waals surface area contributed by atoms with Gasteiger partial charge >= 0.3 is 0 Å². The highest BCUT2D eigenvalue weighted by Crippen LogP contribution is 2.15. The lowest BCUT2D eigenvalue weighted by Crippen LogP contribution is -2.38. The molecule has 1 aliphatic heterocycles. The van der Waals surface area contributed by atoms with E-state index in [0.29, 0.717) is 13.2 Å². The largest absolute Gasteiger partial charge is 0.492 e. The summed E-state index contributed by atoms with van der Waals surface area (Å²) in [5, 5.41) is 6.72. The average Bonchev–Trinajstić information content (AvgIpc) is 3.16. The molecule has 166 valence electrons. The summed E-state index contributed by atoms with van der Waals surface area (Å²) < 4.78 is 11.3. The smallest absolute Gasteiger partial charge is 0.191 e. The Kier molecular flexibility index (Phi) is 11.5. The highest BCUT2D eigenvalue weighted by atomic mass is 127. The van der Waals surface area contributed by atoms with E-state index < -0.39 is 0 Å². The van der Waals surface area contributed by atoms with Crippen LogP contribution in [0.5, 0.6) is 5.75 Å². The van der Waals surface area contributed by atoms with E-state index in [1.807, 2.05) is 23.5 Å². The zero-order valence-electron chi connectivity index (χ0n) is 17.9. The van der Waals surface area contributed by atoms with Crippen molar-refractivity contribution in [2.24, 2.45) is 4.99 Å². The van der Waals surface area contributed by atoms with Crippen molar-refractivity contribution in [2.45, 2.75) is 26.9 Å². The molecule has 0 bridgehead atoms. The van der Waals surface area contributed by atoms with Crippen LogP contribution in [0.3, 0.4) is 0 Å². The van der Waals surface area contributed by atoms with Gasteiger partial charge in [-0.15, -0.1) is 35.3 Å². The average molecular weight is 545 g/mol. The van der Waals surface area contributed by atoms with Crippen molar-refractivity contribution < 1.29 is 9.47 Å². The maximum absolute atomic E-state index is 5.95. The van der Waals surface area contributed by atoms with E-state index in [0.717, 1.165) is 63.2 Å². The minimum Gasteiger partial charge on any atom is -0.492 e. The van der Waals surface area contributed by atoms with Crippen LogP contribution in [0, 0.1) is 6.92 Å². The number of hydrogen-bond acceptors (Lipinski definition) is 5. The first-order valence-corrected chi connectivity index (χ1v) is 11.1. The highest BCUT2D eigenvalue weighted by molar-refractivity contribution is 14.0. The standard InChI is InChI=1S/C22H32N4O2S.HI/c1-3-23-22(25-17-21-8-7-18(2)29-21)24-16-19-5-4-6-20(15-19)28-14-11-26-9-12-27-13-10-26;/h4-8,15H,3,9-14,16-17H2,1-2H3,(H2,23,24,25);1H. The Labute approximate surface area is 201 Å². The molecule has 0 radical (unpaired) electrons. The molecule has 0 unspecified atom stereocenters. The lowest BCUT2D eigenvalue weighted by Gasteiger charge is -2.26. The first-order chi connectivity index (χ1) is 14.2. The number of thiophene rings is 1. The minimum atomic E-state index is 0. The molecule has 2 N–H and O–H groups in total. The van der Waals surface area contributed by atoms with Gasteiger partial charge in [0.05, 0.1) is 26.3 Å². The van der Waals surface area contributed by atoms with Crippen molar-refractivity contribution in [3.05, 3.63) is 51.7 Å². The Morgan fingerprint density at radius 1 is 1.20 bits per heavy atom. The molecule has 8 heteroatoms. The van der Waals surface area contributed by atoms with Crippen LogP contribution in [0.4, 0.5) is 0 Å². The van der Waals surface area contributed by atoms with Gasteiger partial charge in [-0.2, -0.15) is 0 Å². The number of aliphatic imine (C=N–C) groups is 1. The van der Waals surface area contributed by atoms with Crippen LogP contribution >= 0.6 is 35.3 Å². The monoisotopic (exact) mass is 544 g/mol. The fourth-order valence-corrected chi connectivity index (χ4v) is 3.94. The summed E-state index contributed by atoms with van der Waals surface area (Å²) in [4.78, 5) is 9.73. The SMILES string of the molecule is CCNC(=NCc1cccc(OCCN2CCOCC2)c1)NCc1ccc(C)s1.I. The summed E-state index contributed by atoms with van der Waals surface area (Å²) in [6.45, 7) is 11.7. The summed E-state index contributed by atoms with van der Waals surface area (Å²) in [7, 11) is 0. The molecular formula is C22H33IN4O2S. The third kappa shape index (κ3) is 8.79. The number of benzene rings is 1. The molecule has 0 spiro atoms. The number of halogens is 1. The Hall–Kier alpha value is -1.36. The molecule has 2 aromatic rings. The molecule has 0 amide bonds. The molecule has 3 rings (SSSR count). The number of nitrogens with zero attached hydrogens (tertiary/aromatic N) is 2. The van der Waals surface area contributed by atoms with Crippen molar-refractivity contribution in [3.8, 4) is 5.75 Å².